The third kappa shape index (κ3) is 2.87. The summed E-state index contributed by atoms with van der Waals surface area (Å²) in [6.45, 7) is 0.638. The number of amides is 1. The van der Waals surface area contributed by atoms with Gasteiger partial charge in [0.05, 0.1) is 6.10 Å². The molecule has 24 heavy (non-hydrogen) atoms. The fourth-order valence-electron chi connectivity index (χ4n) is 4.11. The van der Waals surface area contributed by atoms with Crippen LogP contribution in [0.1, 0.15) is 42.6 Å². The van der Waals surface area contributed by atoms with Crippen molar-refractivity contribution in [1.82, 2.24) is 9.88 Å². The van der Waals surface area contributed by atoms with Crippen LogP contribution in [0.3, 0.4) is 0 Å². The first-order chi connectivity index (χ1) is 11.7. The first kappa shape index (κ1) is 15.8. The Morgan fingerprint density at radius 3 is 2.79 bits per heavy atom. The van der Waals surface area contributed by atoms with Crippen LogP contribution in [0.25, 0.3) is 10.6 Å². The highest BCUT2D eigenvalue weighted by Gasteiger charge is 2.41. The Hall–Kier alpha value is -1.72. The van der Waals surface area contributed by atoms with E-state index in [2.05, 4.69) is 4.98 Å². The molecule has 1 aliphatic carbocycles. The van der Waals surface area contributed by atoms with E-state index < -0.39 is 0 Å². The summed E-state index contributed by atoms with van der Waals surface area (Å²) in [5.41, 5.74) is 1.59. The van der Waals surface area contributed by atoms with Gasteiger partial charge in [0.1, 0.15) is 10.7 Å². The summed E-state index contributed by atoms with van der Waals surface area (Å²) >= 11 is 1.52. The topological polar surface area (TPSA) is 53.4 Å². The summed E-state index contributed by atoms with van der Waals surface area (Å²) in [7, 11) is 0. The van der Waals surface area contributed by atoms with Crippen molar-refractivity contribution < 1.29 is 9.90 Å². The second kappa shape index (κ2) is 6.65. The van der Waals surface area contributed by atoms with E-state index in [4.69, 9.17) is 0 Å². The van der Waals surface area contributed by atoms with Gasteiger partial charge in [-0.15, -0.1) is 11.3 Å². The number of aromatic nitrogens is 1. The minimum atomic E-state index is -0.255. The predicted octanol–water partition coefficient (Wildman–Crippen LogP) is 3.58. The molecule has 2 aliphatic rings. The fraction of sp³-hybridized carbons (Fsp3) is 0.474. The molecule has 0 spiro atoms. The van der Waals surface area contributed by atoms with Gasteiger partial charge in [0.15, 0.2) is 0 Å². The number of aliphatic hydroxyl groups is 1. The van der Waals surface area contributed by atoms with Crippen LogP contribution in [0.15, 0.2) is 35.7 Å². The van der Waals surface area contributed by atoms with Crippen molar-refractivity contribution in [2.75, 3.05) is 6.54 Å². The number of nitrogens with zero attached hydrogens (tertiary/aromatic N) is 2. The molecule has 5 heteroatoms. The maximum absolute atomic E-state index is 13.0. The molecule has 0 radical (unpaired) electrons. The average molecular weight is 342 g/mol. The smallest absolute Gasteiger partial charge is 0.273 e. The largest absolute Gasteiger partial charge is 0.393 e. The molecular weight excluding hydrogens is 320 g/mol. The SMILES string of the molecule is O=C(c1csc(-c2ccccc2)n1)N1CCC(O)C2CCCCC21. The number of likely N-dealkylation sites (tertiary alicyclic amines) is 1. The zero-order chi connectivity index (χ0) is 16.5. The van der Waals surface area contributed by atoms with Crippen LogP contribution in [0, 0.1) is 5.92 Å². The Kier molecular flexibility index (Phi) is 4.37. The van der Waals surface area contributed by atoms with Crippen molar-refractivity contribution in [2.24, 2.45) is 5.92 Å². The molecule has 1 saturated carbocycles. The van der Waals surface area contributed by atoms with Crippen molar-refractivity contribution >= 4 is 17.2 Å². The monoisotopic (exact) mass is 342 g/mol. The number of hydrogen-bond acceptors (Lipinski definition) is 4. The van der Waals surface area contributed by atoms with E-state index in [1.807, 2.05) is 40.6 Å². The van der Waals surface area contributed by atoms with Gasteiger partial charge in [-0.25, -0.2) is 4.98 Å². The number of carbonyl (C=O) groups is 1. The maximum Gasteiger partial charge on any atom is 0.273 e. The number of aliphatic hydroxyl groups excluding tert-OH is 1. The van der Waals surface area contributed by atoms with Crippen molar-refractivity contribution in [3.63, 3.8) is 0 Å². The number of benzene rings is 1. The van der Waals surface area contributed by atoms with Gasteiger partial charge in [0.25, 0.3) is 5.91 Å². The summed E-state index contributed by atoms with van der Waals surface area (Å²) in [6, 6.07) is 10.2. The summed E-state index contributed by atoms with van der Waals surface area (Å²) in [5, 5.41) is 13.0. The molecular formula is C19H22N2O2S. The highest BCUT2D eigenvalue weighted by atomic mass is 32.1. The normalized spacial score (nSPS) is 26.9. The van der Waals surface area contributed by atoms with Crippen LogP contribution in [0.4, 0.5) is 0 Å². The summed E-state index contributed by atoms with van der Waals surface area (Å²) < 4.78 is 0. The van der Waals surface area contributed by atoms with E-state index in [0.717, 1.165) is 36.3 Å². The Morgan fingerprint density at radius 1 is 1.17 bits per heavy atom. The average Bonchev–Trinajstić information content (AvgIpc) is 3.13. The molecule has 1 saturated heterocycles. The third-order valence-electron chi connectivity index (χ3n) is 5.35. The van der Waals surface area contributed by atoms with Crippen LogP contribution < -0.4 is 0 Å². The molecule has 4 rings (SSSR count). The third-order valence-corrected chi connectivity index (χ3v) is 6.24. The van der Waals surface area contributed by atoms with E-state index in [1.165, 1.54) is 11.3 Å². The standard InChI is InChI=1S/C19H22N2O2S/c22-17-10-11-21(16-9-5-4-8-14(16)17)19(23)15-12-24-18(20-15)13-6-2-1-3-7-13/h1-3,6-7,12,14,16-17,22H,4-5,8-11H2. The molecule has 1 aromatic carbocycles. The lowest BCUT2D eigenvalue weighted by Gasteiger charge is -2.46. The second-order valence-corrected chi connectivity index (χ2v) is 7.63. The minimum absolute atomic E-state index is 0.0252. The zero-order valence-electron chi connectivity index (χ0n) is 13.6. The van der Waals surface area contributed by atoms with Crippen LogP contribution in [0.2, 0.25) is 0 Å². The van der Waals surface area contributed by atoms with Gasteiger partial charge in [0.2, 0.25) is 0 Å². The summed E-state index contributed by atoms with van der Waals surface area (Å²) in [5.74, 6) is 0.265. The van der Waals surface area contributed by atoms with Crippen LogP contribution in [0.5, 0.6) is 0 Å². The van der Waals surface area contributed by atoms with Gasteiger partial charge < -0.3 is 10.0 Å². The van der Waals surface area contributed by atoms with E-state index in [1.54, 1.807) is 0 Å². The molecule has 1 amide bonds. The lowest BCUT2D eigenvalue weighted by molar-refractivity contribution is -0.0264. The molecule has 3 atom stereocenters. The van der Waals surface area contributed by atoms with Crippen molar-refractivity contribution in [1.29, 1.82) is 0 Å². The first-order valence-electron chi connectivity index (χ1n) is 8.74. The minimum Gasteiger partial charge on any atom is -0.393 e. The Morgan fingerprint density at radius 2 is 1.96 bits per heavy atom. The second-order valence-electron chi connectivity index (χ2n) is 6.77. The lowest BCUT2D eigenvalue weighted by Crippen LogP contribution is -2.54. The van der Waals surface area contributed by atoms with Crippen molar-refractivity contribution in [3.05, 3.63) is 41.4 Å². The molecule has 1 aromatic heterocycles. The highest BCUT2D eigenvalue weighted by Crippen LogP contribution is 2.36. The maximum atomic E-state index is 13.0. The number of thiazole rings is 1. The molecule has 2 aromatic rings. The summed E-state index contributed by atoms with van der Waals surface area (Å²) in [6.07, 6.45) is 4.77. The van der Waals surface area contributed by atoms with E-state index in [-0.39, 0.29) is 24.0 Å². The van der Waals surface area contributed by atoms with Crippen LogP contribution >= 0.6 is 11.3 Å². The number of rotatable bonds is 2. The van der Waals surface area contributed by atoms with Gasteiger partial charge >= 0.3 is 0 Å². The number of carbonyl (C=O) groups excluding carboxylic acids is 1. The molecule has 1 aliphatic heterocycles. The number of fused-ring (bicyclic) bond motifs is 1. The molecule has 2 heterocycles. The zero-order valence-corrected chi connectivity index (χ0v) is 14.4. The Balaban J connectivity index is 1.56. The van der Waals surface area contributed by atoms with Gasteiger partial charge in [0, 0.05) is 29.4 Å². The van der Waals surface area contributed by atoms with Gasteiger partial charge in [-0.3, -0.25) is 4.79 Å². The fourth-order valence-corrected chi connectivity index (χ4v) is 4.91. The van der Waals surface area contributed by atoms with Crippen molar-refractivity contribution in [3.8, 4) is 10.6 Å². The van der Waals surface area contributed by atoms with Crippen LogP contribution in [-0.4, -0.2) is 39.6 Å². The van der Waals surface area contributed by atoms with Gasteiger partial charge in [-0.2, -0.15) is 0 Å². The van der Waals surface area contributed by atoms with E-state index in [0.29, 0.717) is 18.7 Å². The quantitative estimate of drug-likeness (QED) is 0.908. The molecule has 126 valence electrons. The molecule has 1 N–H and O–H groups in total. The first-order valence-corrected chi connectivity index (χ1v) is 9.62. The van der Waals surface area contributed by atoms with Crippen LogP contribution in [-0.2, 0) is 0 Å². The summed E-state index contributed by atoms with van der Waals surface area (Å²) in [4.78, 5) is 19.5. The Bertz CT molecular complexity index is 715. The highest BCUT2D eigenvalue weighted by molar-refractivity contribution is 7.13. The number of hydrogen-bond donors (Lipinski definition) is 1. The molecule has 0 bridgehead atoms. The molecule has 4 nitrogen and oxygen atoms in total. The number of piperidine rings is 1. The molecule has 3 unspecified atom stereocenters. The van der Waals surface area contributed by atoms with E-state index >= 15 is 0 Å². The predicted molar refractivity (Wildman–Crippen MR) is 95.0 cm³/mol. The van der Waals surface area contributed by atoms with Gasteiger partial charge in [-0.1, -0.05) is 43.2 Å². The molecule has 2 fully saturated rings. The van der Waals surface area contributed by atoms with E-state index in [9.17, 15) is 9.90 Å². The van der Waals surface area contributed by atoms with Gasteiger partial charge in [-0.05, 0) is 19.3 Å². The van der Waals surface area contributed by atoms with Crippen molar-refractivity contribution in [2.45, 2.75) is 44.2 Å². The Labute approximate surface area is 146 Å². The lowest BCUT2D eigenvalue weighted by atomic mass is 9.76.